The lowest BCUT2D eigenvalue weighted by Crippen LogP contribution is -2.92. The Hall–Kier alpha value is -0.980. The van der Waals surface area contributed by atoms with Crippen LogP contribution in [0.25, 0.3) is 0 Å². The Kier molecular flexibility index (Phi) is 4.11. The maximum atomic E-state index is 14.2. The lowest BCUT2D eigenvalue weighted by Gasteiger charge is -2.85. The van der Waals surface area contributed by atoms with Gasteiger partial charge >= 0.3 is 0 Å². The first kappa shape index (κ1) is 22.2. The van der Waals surface area contributed by atoms with Crippen LogP contribution in [0, 0.1) is 51.8 Å². The van der Waals surface area contributed by atoms with Crippen molar-refractivity contribution < 1.29 is 14.6 Å². The van der Waals surface area contributed by atoms with E-state index in [-0.39, 0.29) is 45.8 Å². The fraction of sp³-hybridized carbons (Fsp3) is 0.857. The summed E-state index contributed by atoms with van der Waals surface area (Å²) in [6.07, 6.45) is 5.45. The van der Waals surface area contributed by atoms with E-state index in [1.807, 2.05) is 11.3 Å². The largest absolute Gasteiger partial charge is 0.364 e. The molecule has 5 aliphatic carbocycles. The van der Waals surface area contributed by atoms with Crippen molar-refractivity contribution in [1.29, 1.82) is 0 Å². The highest BCUT2D eigenvalue weighted by atomic mass is 32.1. The highest BCUT2D eigenvalue weighted by Crippen LogP contribution is 2.86. The fourth-order valence-corrected chi connectivity index (χ4v) is 12.4. The van der Waals surface area contributed by atoms with Crippen LogP contribution in [-0.4, -0.2) is 34.8 Å². The number of carbonyl (C=O) groups excluding carboxylic acids is 1. The summed E-state index contributed by atoms with van der Waals surface area (Å²) in [6, 6.07) is 0. The van der Waals surface area contributed by atoms with Gasteiger partial charge in [0.1, 0.15) is 5.78 Å². The van der Waals surface area contributed by atoms with Crippen molar-refractivity contribution in [2.75, 3.05) is 18.5 Å². The van der Waals surface area contributed by atoms with Gasteiger partial charge in [0.15, 0.2) is 10.9 Å². The van der Waals surface area contributed by atoms with Gasteiger partial charge in [0.25, 0.3) is 0 Å². The molecule has 1 aromatic rings. The number of thiazole rings is 1. The zero-order valence-corrected chi connectivity index (χ0v) is 22.3. The second kappa shape index (κ2) is 6.28. The van der Waals surface area contributed by atoms with Crippen LogP contribution in [0.3, 0.4) is 0 Å². The Balaban J connectivity index is 1.42. The van der Waals surface area contributed by atoms with Crippen LogP contribution < -0.4 is 5.32 Å². The summed E-state index contributed by atoms with van der Waals surface area (Å²) in [5.74, 6) is 0.126. The molecule has 2 saturated heterocycles. The molecule has 0 amide bonds. The third kappa shape index (κ3) is 2.01. The van der Waals surface area contributed by atoms with Gasteiger partial charge in [-0.05, 0) is 60.2 Å². The number of aliphatic hydroxyl groups is 1. The van der Waals surface area contributed by atoms with E-state index in [1.54, 1.807) is 0 Å². The first-order valence-electron chi connectivity index (χ1n) is 13.6. The van der Waals surface area contributed by atoms with E-state index in [9.17, 15) is 9.90 Å². The summed E-state index contributed by atoms with van der Waals surface area (Å²) in [4.78, 5) is 20.9. The summed E-state index contributed by atoms with van der Waals surface area (Å²) in [6.45, 7) is 15.1. The van der Waals surface area contributed by atoms with Gasteiger partial charge in [-0.1, -0.05) is 48.0 Å². The Morgan fingerprint density at radius 2 is 2.00 bits per heavy atom. The number of nitrogens with one attached hydrogen (secondary N) is 1. The molecule has 186 valence electrons. The number of rotatable bonds is 4. The van der Waals surface area contributed by atoms with Crippen molar-refractivity contribution in [1.82, 2.24) is 4.98 Å². The highest BCUT2D eigenvalue weighted by molar-refractivity contribution is 7.15. The fourth-order valence-electron chi connectivity index (χ4n) is 11.0. The number of unbranched alkanes of at least 4 members (excludes halogenated alkanes) is 1. The van der Waals surface area contributed by atoms with Gasteiger partial charge in [-0.3, -0.25) is 4.79 Å². The molecular formula is C28H40N2O3S. The van der Waals surface area contributed by atoms with Crippen LogP contribution in [0.1, 0.15) is 77.8 Å². The molecule has 5 nitrogen and oxygen atoms in total. The molecule has 34 heavy (non-hydrogen) atoms. The molecule has 8 rings (SSSR count). The van der Waals surface area contributed by atoms with Crippen molar-refractivity contribution in [3.05, 3.63) is 10.6 Å². The number of nitrogens with zero attached hydrogens (tertiary/aromatic N) is 1. The Labute approximate surface area is 207 Å². The van der Waals surface area contributed by atoms with Crippen LogP contribution in [0.2, 0.25) is 0 Å². The van der Waals surface area contributed by atoms with E-state index in [0.29, 0.717) is 18.3 Å². The predicted octanol–water partition coefficient (Wildman–Crippen LogP) is 5.03. The Morgan fingerprint density at radius 3 is 2.74 bits per heavy atom. The molecule has 6 fully saturated rings. The van der Waals surface area contributed by atoms with Gasteiger partial charge in [-0.25, -0.2) is 4.98 Å². The molecule has 7 aliphatic rings. The normalized spacial score (nSPS) is 50.3. The number of carbonyl (C=O) groups is 1. The average Bonchev–Trinajstić information content (AvgIpc) is 3.16. The quantitative estimate of drug-likeness (QED) is 0.587. The minimum Gasteiger partial charge on any atom is -0.364 e. The van der Waals surface area contributed by atoms with Crippen molar-refractivity contribution in [2.45, 2.75) is 84.8 Å². The predicted molar refractivity (Wildman–Crippen MR) is 133 cm³/mol. The second-order valence-corrected chi connectivity index (χ2v) is 14.9. The average molecular weight is 485 g/mol. The third-order valence-corrected chi connectivity index (χ3v) is 12.9. The second-order valence-electron chi connectivity index (χ2n) is 13.8. The molecule has 9 atom stereocenters. The monoisotopic (exact) mass is 484 g/mol. The van der Waals surface area contributed by atoms with Gasteiger partial charge in [0.05, 0.1) is 17.7 Å². The maximum Gasteiger partial charge on any atom is 0.183 e. The number of fused-ring (bicyclic) bond motifs is 2. The first-order chi connectivity index (χ1) is 16.0. The number of anilines is 1. The SMILES string of the molecule is CCCCNc1nc2c(s1)CC(C)(C)[C@H]1[C@H](C)[C@@]3(O)OC[C@@]21[C@@H]1CC[C@@H]2[C@H]4C(C(=O)C413)C2(C)C. The molecule has 0 radical (unpaired) electrons. The number of Topliss-reactive ketones (excluding diaryl/α,β-unsaturated/α-hetero) is 1. The first-order valence-corrected chi connectivity index (χ1v) is 14.5. The summed E-state index contributed by atoms with van der Waals surface area (Å²) < 4.78 is 6.58. The number of hydrogen-bond donors (Lipinski definition) is 2. The van der Waals surface area contributed by atoms with Crippen molar-refractivity contribution in [3.63, 3.8) is 0 Å². The minimum absolute atomic E-state index is 0.0148. The van der Waals surface area contributed by atoms with Crippen LogP contribution in [-0.2, 0) is 21.4 Å². The maximum absolute atomic E-state index is 14.2. The van der Waals surface area contributed by atoms with Gasteiger partial charge in [-0.15, -0.1) is 11.3 Å². The van der Waals surface area contributed by atoms with Crippen molar-refractivity contribution in [2.24, 2.45) is 51.8 Å². The van der Waals surface area contributed by atoms with Gasteiger partial charge in [0, 0.05) is 28.7 Å². The number of ether oxygens (including phenoxy) is 1. The molecule has 0 aromatic carbocycles. The van der Waals surface area contributed by atoms with E-state index in [2.05, 4.69) is 46.9 Å². The van der Waals surface area contributed by atoms with Crippen molar-refractivity contribution in [3.8, 4) is 0 Å². The van der Waals surface area contributed by atoms with Crippen molar-refractivity contribution >= 4 is 22.3 Å². The van der Waals surface area contributed by atoms with Gasteiger partial charge < -0.3 is 15.2 Å². The number of aromatic nitrogens is 1. The summed E-state index contributed by atoms with van der Waals surface area (Å²) in [5.41, 5.74) is 0.245. The number of hydrogen-bond acceptors (Lipinski definition) is 6. The van der Waals surface area contributed by atoms with E-state index in [1.165, 1.54) is 10.6 Å². The molecule has 1 aromatic heterocycles. The molecule has 2 aliphatic heterocycles. The van der Waals surface area contributed by atoms with Crippen LogP contribution in [0.5, 0.6) is 0 Å². The topological polar surface area (TPSA) is 71.5 Å². The lowest BCUT2D eigenvalue weighted by atomic mass is 9.19. The minimum atomic E-state index is -1.34. The molecular weight excluding hydrogens is 444 g/mol. The van der Waals surface area contributed by atoms with Crippen LogP contribution in [0.4, 0.5) is 5.13 Å². The van der Waals surface area contributed by atoms with Gasteiger partial charge in [-0.2, -0.15) is 0 Å². The highest BCUT2D eigenvalue weighted by Gasteiger charge is 2.92. The number of ketones is 1. The zero-order valence-electron chi connectivity index (χ0n) is 21.5. The summed E-state index contributed by atoms with van der Waals surface area (Å²) in [7, 11) is 0. The molecule has 4 saturated carbocycles. The molecule has 2 N–H and O–H groups in total. The Morgan fingerprint density at radius 1 is 1.24 bits per heavy atom. The summed E-state index contributed by atoms with van der Waals surface area (Å²) >= 11 is 1.82. The van der Waals surface area contributed by atoms with E-state index in [4.69, 9.17) is 9.72 Å². The smallest absolute Gasteiger partial charge is 0.183 e. The summed E-state index contributed by atoms with van der Waals surface area (Å²) in [5, 5.41) is 17.0. The van der Waals surface area contributed by atoms with E-state index < -0.39 is 11.2 Å². The van der Waals surface area contributed by atoms with E-state index in [0.717, 1.165) is 43.8 Å². The molecule has 2 bridgehead atoms. The standard InChI is InChI=1S/C28H40N2O3S/c1-7-8-11-29-23-30-21-16(34-23)12-24(3,4)20-14(2)28(32)27-17(26(20,21)13-33-28)10-9-15-18(27)19(22(27)31)25(15,5)6/h14-15,17-20,32H,7-13H2,1-6H3,(H,29,30)/t14-,15+,17-,18-,19?,20+,26-,27?,28+/m0/s1. The Bertz CT molecular complexity index is 1100. The molecule has 2 spiro atoms. The zero-order chi connectivity index (χ0) is 24.1. The van der Waals surface area contributed by atoms with E-state index >= 15 is 0 Å². The third-order valence-electron chi connectivity index (χ3n) is 11.9. The van der Waals surface area contributed by atoms with Crippen LogP contribution >= 0.6 is 11.3 Å². The molecule has 6 heteroatoms. The van der Waals surface area contributed by atoms with Gasteiger partial charge in [0.2, 0.25) is 0 Å². The molecule has 3 heterocycles. The molecule has 2 unspecified atom stereocenters. The lowest BCUT2D eigenvalue weighted by molar-refractivity contribution is -0.456. The van der Waals surface area contributed by atoms with Crippen LogP contribution in [0.15, 0.2) is 0 Å².